The number of furan rings is 1. The molecule has 21 heavy (non-hydrogen) atoms. The summed E-state index contributed by atoms with van der Waals surface area (Å²) in [6.45, 7) is 1.12. The van der Waals surface area contributed by atoms with Gasteiger partial charge in [0.2, 0.25) is 5.88 Å². The van der Waals surface area contributed by atoms with Crippen LogP contribution in [-0.2, 0) is 6.54 Å². The lowest BCUT2D eigenvalue weighted by atomic mass is 10.2. The van der Waals surface area contributed by atoms with Gasteiger partial charge in [-0.15, -0.1) is 12.4 Å². The Morgan fingerprint density at radius 3 is 2.86 bits per heavy atom. The minimum atomic E-state index is -0.499. The third-order valence-corrected chi connectivity index (χ3v) is 3.08. The monoisotopic (exact) mass is 308 g/mol. The summed E-state index contributed by atoms with van der Waals surface area (Å²) in [5, 5.41) is 0. The molecule has 0 saturated carbocycles. The summed E-state index contributed by atoms with van der Waals surface area (Å²) < 4.78 is 20.7. The van der Waals surface area contributed by atoms with Crippen LogP contribution in [0.3, 0.4) is 0 Å². The predicted molar refractivity (Wildman–Crippen MR) is 80.2 cm³/mol. The molecule has 2 aromatic rings. The van der Waals surface area contributed by atoms with Gasteiger partial charge in [-0.2, -0.15) is 0 Å². The number of pyridine rings is 1. The first kappa shape index (κ1) is 15.1. The number of allylic oxidation sites excluding steroid dienone is 2. The standard InChI is InChI=1S/C15H13FN2O2.ClH/c16-14-12(10-17-7-3-1-4-8-17)11-20-15(14)18-9-5-2-6-13(18)19;/h1-7,9,11H,8,10H2;1H. The molecule has 4 nitrogen and oxygen atoms in total. The summed E-state index contributed by atoms with van der Waals surface area (Å²) in [5.41, 5.74) is 0.101. The second kappa shape index (κ2) is 6.45. The van der Waals surface area contributed by atoms with Crippen LogP contribution < -0.4 is 5.56 Å². The maximum absolute atomic E-state index is 14.3. The molecule has 0 amide bonds. The Morgan fingerprint density at radius 2 is 2.14 bits per heavy atom. The SMILES string of the molecule is Cl.O=c1ccccn1-c1occ(CN2C=CC=CC2)c1F. The van der Waals surface area contributed by atoms with E-state index in [9.17, 15) is 9.18 Å². The summed E-state index contributed by atoms with van der Waals surface area (Å²) in [4.78, 5) is 13.6. The molecule has 110 valence electrons. The van der Waals surface area contributed by atoms with Crippen molar-refractivity contribution in [3.63, 3.8) is 0 Å². The van der Waals surface area contributed by atoms with E-state index in [0.717, 1.165) is 11.1 Å². The van der Waals surface area contributed by atoms with Crippen molar-refractivity contribution in [2.24, 2.45) is 0 Å². The summed E-state index contributed by atoms with van der Waals surface area (Å²) in [7, 11) is 0. The van der Waals surface area contributed by atoms with Gasteiger partial charge in [0.1, 0.15) is 6.26 Å². The Balaban J connectivity index is 0.00000161. The molecule has 1 aliphatic rings. The van der Waals surface area contributed by atoms with E-state index >= 15 is 0 Å². The van der Waals surface area contributed by atoms with Gasteiger partial charge in [0, 0.05) is 30.9 Å². The molecule has 0 aliphatic carbocycles. The van der Waals surface area contributed by atoms with Crippen LogP contribution in [-0.4, -0.2) is 16.0 Å². The first-order chi connectivity index (χ1) is 9.75. The Kier molecular flexibility index (Phi) is 4.65. The molecule has 2 aromatic heterocycles. The largest absolute Gasteiger partial charge is 0.445 e. The van der Waals surface area contributed by atoms with Crippen molar-refractivity contribution in [3.8, 4) is 5.88 Å². The molecule has 0 fully saturated rings. The maximum atomic E-state index is 14.3. The van der Waals surface area contributed by atoms with Crippen molar-refractivity contribution in [2.45, 2.75) is 6.54 Å². The number of hydrogen-bond donors (Lipinski definition) is 0. The van der Waals surface area contributed by atoms with E-state index in [4.69, 9.17) is 4.42 Å². The van der Waals surface area contributed by atoms with Gasteiger partial charge in [-0.25, -0.2) is 4.39 Å². The van der Waals surface area contributed by atoms with E-state index < -0.39 is 5.82 Å². The highest BCUT2D eigenvalue weighted by Crippen LogP contribution is 2.20. The minimum Gasteiger partial charge on any atom is -0.445 e. The second-order valence-electron chi connectivity index (χ2n) is 4.49. The van der Waals surface area contributed by atoms with Gasteiger partial charge in [0.15, 0.2) is 5.82 Å². The lowest BCUT2D eigenvalue weighted by Crippen LogP contribution is -2.19. The molecular weight excluding hydrogens is 295 g/mol. The van der Waals surface area contributed by atoms with Gasteiger partial charge in [-0.3, -0.25) is 9.36 Å². The van der Waals surface area contributed by atoms with Crippen molar-refractivity contribution >= 4 is 12.4 Å². The summed E-state index contributed by atoms with van der Waals surface area (Å²) in [6, 6.07) is 4.62. The zero-order valence-corrected chi connectivity index (χ0v) is 11.9. The van der Waals surface area contributed by atoms with Gasteiger partial charge in [0.05, 0.1) is 0 Å². The van der Waals surface area contributed by atoms with Crippen LogP contribution in [0.5, 0.6) is 0 Å². The fourth-order valence-electron chi connectivity index (χ4n) is 2.08. The van der Waals surface area contributed by atoms with Gasteiger partial charge in [0.25, 0.3) is 5.56 Å². The molecule has 0 unspecified atom stereocenters. The molecule has 3 rings (SSSR count). The Morgan fingerprint density at radius 1 is 1.29 bits per heavy atom. The molecule has 1 aliphatic heterocycles. The van der Waals surface area contributed by atoms with Gasteiger partial charge >= 0.3 is 0 Å². The Hall–Kier alpha value is -2.27. The number of nitrogens with zero attached hydrogens (tertiary/aromatic N) is 2. The fraction of sp³-hybridized carbons (Fsp3) is 0.133. The average molecular weight is 309 g/mol. The van der Waals surface area contributed by atoms with Crippen LogP contribution in [0.2, 0.25) is 0 Å². The molecule has 0 radical (unpaired) electrons. The number of hydrogen-bond acceptors (Lipinski definition) is 3. The van der Waals surface area contributed by atoms with Crippen molar-refractivity contribution in [3.05, 3.63) is 76.8 Å². The third kappa shape index (κ3) is 3.08. The molecule has 6 heteroatoms. The summed E-state index contributed by atoms with van der Waals surface area (Å²) in [6.07, 6.45) is 10.6. The van der Waals surface area contributed by atoms with Crippen LogP contribution in [0.25, 0.3) is 5.88 Å². The lowest BCUT2D eigenvalue weighted by molar-refractivity contribution is 0.396. The zero-order chi connectivity index (χ0) is 13.9. The average Bonchev–Trinajstić information content (AvgIpc) is 2.82. The number of rotatable bonds is 3. The van der Waals surface area contributed by atoms with Crippen LogP contribution >= 0.6 is 12.4 Å². The second-order valence-corrected chi connectivity index (χ2v) is 4.49. The first-order valence-electron chi connectivity index (χ1n) is 6.27. The Labute approximate surface area is 127 Å². The highest BCUT2D eigenvalue weighted by atomic mass is 35.5. The molecule has 0 spiro atoms. The molecule has 0 saturated heterocycles. The summed E-state index contributed by atoms with van der Waals surface area (Å²) in [5.74, 6) is -0.566. The number of aromatic nitrogens is 1. The van der Waals surface area contributed by atoms with Gasteiger partial charge < -0.3 is 9.32 Å². The summed E-state index contributed by atoms with van der Waals surface area (Å²) >= 11 is 0. The van der Waals surface area contributed by atoms with E-state index in [-0.39, 0.29) is 23.9 Å². The lowest BCUT2D eigenvalue weighted by Gasteiger charge is -2.19. The molecule has 3 heterocycles. The highest BCUT2D eigenvalue weighted by Gasteiger charge is 2.17. The van der Waals surface area contributed by atoms with E-state index in [1.165, 1.54) is 18.5 Å². The van der Waals surface area contributed by atoms with Gasteiger partial charge in [-0.1, -0.05) is 18.2 Å². The van der Waals surface area contributed by atoms with Crippen molar-refractivity contribution in [2.75, 3.05) is 6.54 Å². The van der Waals surface area contributed by atoms with Crippen molar-refractivity contribution < 1.29 is 8.81 Å². The zero-order valence-electron chi connectivity index (χ0n) is 11.1. The van der Waals surface area contributed by atoms with Crippen LogP contribution in [0.1, 0.15) is 5.56 Å². The normalized spacial score (nSPS) is 13.3. The van der Waals surface area contributed by atoms with Crippen molar-refractivity contribution in [1.29, 1.82) is 0 Å². The maximum Gasteiger partial charge on any atom is 0.257 e. The quantitative estimate of drug-likeness (QED) is 0.875. The van der Waals surface area contributed by atoms with Crippen LogP contribution in [0.15, 0.2) is 64.3 Å². The minimum absolute atomic E-state index is 0. The molecule has 0 atom stereocenters. The third-order valence-electron chi connectivity index (χ3n) is 3.08. The van der Waals surface area contributed by atoms with E-state index in [1.807, 2.05) is 29.3 Å². The highest BCUT2D eigenvalue weighted by molar-refractivity contribution is 5.85. The van der Waals surface area contributed by atoms with Gasteiger partial charge in [-0.05, 0) is 18.3 Å². The smallest absolute Gasteiger partial charge is 0.257 e. The van der Waals surface area contributed by atoms with E-state index in [0.29, 0.717) is 12.1 Å². The Bertz CT molecular complexity index is 733. The van der Waals surface area contributed by atoms with E-state index in [1.54, 1.807) is 12.1 Å². The molecule has 0 N–H and O–H groups in total. The van der Waals surface area contributed by atoms with Crippen LogP contribution in [0.4, 0.5) is 4.39 Å². The predicted octanol–water partition coefficient (Wildman–Crippen LogP) is 2.88. The number of halogens is 2. The molecule has 0 bridgehead atoms. The van der Waals surface area contributed by atoms with Crippen LogP contribution in [0, 0.1) is 5.82 Å². The van der Waals surface area contributed by atoms with E-state index in [2.05, 4.69) is 0 Å². The fourth-order valence-corrected chi connectivity index (χ4v) is 2.08. The first-order valence-corrected chi connectivity index (χ1v) is 6.27. The molecule has 0 aromatic carbocycles. The topological polar surface area (TPSA) is 38.4 Å². The van der Waals surface area contributed by atoms with Crippen molar-refractivity contribution in [1.82, 2.24) is 9.47 Å². The molecular formula is C15H14ClFN2O2.